The number of hydrogen-bond acceptors (Lipinski definition) is 9. The SMILES string of the molecule is CC[C@H]1[C@@H](O)[C@H](n2ccc(=O)[nH]c2=O)O[C@@H]1COP(=O)(N[C@@H](C)C(=O)OC(C)C)Oc1ccccc1. The maximum absolute atomic E-state index is 13.7. The number of nitrogens with zero attached hydrogens (tertiary/aromatic N) is 1. The Bertz CT molecular complexity index is 1180. The summed E-state index contributed by atoms with van der Waals surface area (Å²) in [6, 6.07) is 8.42. The summed E-state index contributed by atoms with van der Waals surface area (Å²) >= 11 is 0. The number of rotatable bonds is 11. The molecule has 0 saturated carbocycles. The molecule has 12 nitrogen and oxygen atoms in total. The largest absolute Gasteiger partial charge is 0.462 e. The highest BCUT2D eigenvalue weighted by molar-refractivity contribution is 7.52. The molecule has 1 saturated heterocycles. The lowest BCUT2D eigenvalue weighted by molar-refractivity contribution is -0.149. The van der Waals surface area contributed by atoms with Gasteiger partial charge in [0.05, 0.1) is 18.8 Å². The Balaban J connectivity index is 1.79. The van der Waals surface area contributed by atoms with E-state index in [4.69, 9.17) is 18.5 Å². The van der Waals surface area contributed by atoms with E-state index >= 15 is 0 Å². The number of nitrogens with one attached hydrogen (secondary N) is 2. The summed E-state index contributed by atoms with van der Waals surface area (Å²) in [6.45, 7) is 6.40. The molecule has 6 atom stereocenters. The zero-order valence-electron chi connectivity index (χ0n) is 20.5. The third kappa shape index (κ3) is 6.92. The fourth-order valence-electron chi connectivity index (χ4n) is 3.82. The molecular weight excluding hydrogens is 493 g/mol. The standard InChI is InChI=1S/C23H32N3O9P/c1-5-17-18(34-21(20(17)28)26-12-11-19(27)24-23(26)30)13-32-36(31,35-16-9-7-6-8-10-16)25-15(4)22(29)33-14(2)3/h6-12,14-15,17-18,20-21,28H,5,13H2,1-4H3,(H,25,31)(H,24,27,30)/t15-,17+,18+,20+,21+,36?/m0/s1. The number of carbonyl (C=O) groups excluding carboxylic acids is 1. The first kappa shape index (κ1) is 27.8. The van der Waals surface area contributed by atoms with Gasteiger partial charge in [0.2, 0.25) is 0 Å². The monoisotopic (exact) mass is 525 g/mol. The average molecular weight is 525 g/mol. The number of hydrogen-bond donors (Lipinski definition) is 3. The molecule has 1 aromatic heterocycles. The Morgan fingerprint density at radius 2 is 1.92 bits per heavy atom. The Labute approximate surface area is 208 Å². The molecule has 0 spiro atoms. The van der Waals surface area contributed by atoms with E-state index in [2.05, 4.69) is 10.1 Å². The van der Waals surface area contributed by atoms with Crippen LogP contribution in [0.4, 0.5) is 0 Å². The molecule has 0 amide bonds. The molecular formula is C23H32N3O9P. The minimum Gasteiger partial charge on any atom is -0.462 e. The van der Waals surface area contributed by atoms with Crippen LogP contribution in [0.15, 0.2) is 52.2 Å². The summed E-state index contributed by atoms with van der Waals surface area (Å²) in [7, 11) is -4.14. The predicted octanol–water partition coefficient (Wildman–Crippen LogP) is 1.95. The first-order chi connectivity index (χ1) is 17.0. The van der Waals surface area contributed by atoms with Gasteiger partial charge in [-0.2, -0.15) is 5.09 Å². The van der Waals surface area contributed by atoms with Crippen LogP contribution < -0.4 is 20.9 Å². The van der Waals surface area contributed by atoms with Crippen molar-refractivity contribution in [1.29, 1.82) is 0 Å². The molecule has 1 aliphatic heterocycles. The lowest BCUT2D eigenvalue weighted by atomic mass is 9.95. The maximum atomic E-state index is 13.7. The highest BCUT2D eigenvalue weighted by Gasteiger charge is 2.45. The van der Waals surface area contributed by atoms with E-state index in [-0.39, 0.29) is 18.5 Å². The van der Waals surface area contributed by atoms with Crippen LogP contribution >= 0.6 is 7.75 Å². The van der Waals surface area contributed by atoms with Gasteiger partial charge in [0, 0.05) is 18.2 Å². The molecule has 3 rings (SSSR count). The van der Waals surface area contributed by atoms with Crippen molar-refractivity contribution in [1.82, 2.24) is 14.6 Å². The van der Waals surface area contributed by atoms with Gasteiger partial charge in [0.1, 0.15) is 17.9 Å². The average Bonchev–Trinajstić information content (AvgIpc) is 3.13. The Hall–Kier alpha value is -2.76. The van der Waals surface area contributed by atoms with E-state index in [9.17, 15) is 24.1 Å². The number of aliphatic hydroxyl groups excluding tert-OH is 1. The summed E-state index contributed by atoms with van der Waals surface area (Å²) in [5.41, 5.74) is -1.31. The first-order valence-electron chi connectivity index (χ1n) is 11.7. The van der Waals surface area contributed by atoms with Gasteiger partial charge in [-0.25, -0.2) is 9.36 Å². The van der Waals surface area contributed by atoms with Crippen molar-refractivity contribution in [3.8, 4) is 5.75 Å². The molecule has 1 fully saturated rings. The van der Waals surface area contributed by atoms with E-state index in [1.54, 1.807) is 44.2 Å². The van der Waals surface area contributed by atoms with Gasteiger partial charge < -0.3 is 19.1 Å². The maximum Gasteiger partial charge on any atom is 0.459 e. The van der Waals surface area contributed by atoms with E-state index < -0.39 is 55.4 Å². The number of ether oxygens (including phenoxy) is 2. The summed E-state index contributed by atoms with van der Waals surface area (Å²) in [5, 5.41) is 13.4. The fraction of sp³-hybridized carbons (Fsp3) is 0.522. The van der Waals surface area contributed by atoms with Gasteiger partial charge in [-0.1, -0.05) is 25.1 Å². The van der Waals surface area contributed by atoms with Gasteiger partial charge in [-0.05, 0) is 39.3 Å². The number of carbonyl (C=O) groups is 1. The summed E-state index contributed by atoms with van der Waals surface area (Å²) < 4.78 is 37.2. The van der Waals surface area contributed by atoms with Crippen LogP contribution in [-0.2, 0) is 23.4 Å². The number of benzene rings is 1. The van der Waals surface area contributed by atoms with Crippen molar-refractivity contribution in [3.05, 3.63) is 63.4 Å². The molecule has 1 aliphatic rings. The number of para-hydroxylation sites is 1. The van der Waals surface area contributed by atoms with Gasteiger partial charge in [0.15, 0.2) is 6.23 Å². The highest BCUT2D eigenvalue weighted by atomic mass is 31.2. The molecule has 0 radical (unpaired) electrons. The topological polar surface area (TPSA) is 158 Å². The molecule has 0 aliphatic carbocycles. The molecule has 198 valence electrons. The molecule has 36 heavy (non-hydrogen) atoms. The van der Waals surface area contributed by atoms with Crippen LogP contribution in [0.5, 0.6) is 5.75 Å². The van der Waals surface area contributed by atoms with Crippen molar-refractivity contribution in [3.63, 3.8) is 0 Å². The van der Waals surface area contributed by atoms with E-state index in [0.717, 1.165) is 10.6 Å². The predicted molar refractivity (Wildman–Crippen MR) is 129 cm³/mol. The molecule has 0 bridgehead atoms. The number of aliphatic hydroxyl groups is 1. The van der Waals surface area contributed by atoms with Gasteiger partial charge in [-0.15, -0.1) is 0 Å². The smallest absolute Gasteiger partial charge is 0.459 e. The van der Waals surface area contributed by atoms with Gasteiger partial charge in [0.25, 0.3) is 5.56 Å². The molecule has 1 aromatic carbocycles. The van der Waals surface area contributed by atoms with Gasteiger partial charge >= 0.3 is 19.4 Å². The normalized spacial score (nSPS) is 24.3. The molecule has 1 unspecified atom stereocenters. The molecule has 2 heterocycles. The number of esters is 1. The van der Waals surface area contributed by atoms with E-state index in [0.29, 0.717) is 6.42 Å². The number of H-pyrrole nitrogens is 1. The van der Waals surface area contributed by atoms with Crippen LogP contribution in [0.3, 0.4) is 0 Å². The van der Waals surface area contributed by atoms with Crippen molar-refractivity contribution >= 4 is 13.7 Å². The number of aromatic amines is 1. The van der Waals surface area contributed by atoms with Crippen molar-refractivity contribution in [2.75, 3.05) is 6.61 Å². The third-order valence-corrected chi connectivity index (χ3v) is 7.20. The van der Waals surface area contributed by atoms with E-state index in [1.165, 1.54) is 13.1 Å². The van der Waals surface area contributed by atoms with E-state index in [1.807, 2.05) is 6.92 Å². The van der Waals surface area contributed by atoms with Crippen molar-refractivity contribution in [2.45, 2.75) is 64.7 Å². The van der Waals surface area contributed by atoms with Crippen LogP contribution in [0.1, 0.15) is 40.3 Å². The van der Waals surface area contributed by atoms with Crippen molar-refractivity contribution < 1.29 is 33.0 Å². The number of aromatic nitrogens is 2. The van der Waals surface area contributed by atoms with Crippen LogP contribution in [-0.4, -0.2) is 51.6 Å². The lowest BCUT2D eigenvalue weighted by Gasteiger charge is -2.25. The Morgan fingerprint density at radius 3 is 2.53 bits per heavy atom. The molecule has 3 N–H and O–H groups in total. The lowest BCUT2D eigenvalue weighted by Crippen LogP contribution is -2.37. The summed E-state index contributed by atoms with van der Waals surface area (Å²) in [4.78, 5) is 38.1. The second-order valence-corrected chi connectivity index (χ2v) is 10.4. The summed E-state index contributed by atoms with van der Waals surface area (Å²) in [6.07, 6.45) is -1.65. The quantitative estimate of drug-likeness (QED) is 0.292. The molecule has 13 heteroatoms. The Kier molecular flexibility index (Phi) is 9.26. The molecule has 2 aromatic rings. The Morgan fingerprint density at radius 1 is 1.22 bits per heavy atom. The van der Waals surface area contributed by atoms with Crippen molar-refractivity contribution in [2.24, 2.45) is 5.92 Å². The zero-order chi connectivity index (χ0) is 26.5. The van der Waals surface area contributed by atoms with Crippen LogP contribution in [0.2, 0.25) is 0 Å². The van der Waals surface area contributed by atoms with Crippen LogP contribution in [0, 0.1) is 5.92 Å². The fourth-order valence-corrected chi connectivity index (χ4v) is 5.33. The second-order valence-electron chi connectivity index (χ2n) is 8.68. The minimum atomic E-state index is -4.14. The minimum absolute atomic E-state index is 0.245. The van der Waals surface area contributed by atoms with Gasteiger partial charge in [-0.3, -0.25) is 23.7 Å². The third-order valence-electron chi connectivity index (χ3n) is 5.55. The summed E-state index contributed by atoms with van der Waals surface area (Å²) in [5.74, 6) is -0.876. The van der Waals surface area contributed by atoms with Crippen LogP contribution in [0.25, 0.3) is 0 Å². The second kappa shape index (κ2) is 12.0. The highest BCUT2D eigenvalue weighted by Crippen LogP contribution is 2.46. The zero-order valence-corrected chi connectivity index (χ0v) is 21.4. The first-order valence-corrected chi connectivity index (χ1v) is 13.2.